The van der Waals surface area contributed by atoms with Gasteiger partial charge in [-0.2, -0.15) is 0 Å². The topological polar surface area (TPSA) is 75.9 Å². The number of carbonyl (C=O) groups is 2. The number of likely N-dealkylation sites (N-methyl/N-ethyl adjacent to an activating group) is 1. The van der Waals surface area contributed by atoms with Crippen LogP contribution >= 0.6 is 0 Å². The SMILES string of the molecule is CN1CCOC(CN(CC(N)=O)C(=O)C2CC=CC2)C1. The van der Waals surface area contributed by atoms with E-state index < -0.39 is 5.91 Å². The Morgan fingerprint density at radius 1 is 1.40 bits per heavy atom. The molecule has 20 heavy (non-hydrogen) atoms. The fraction of sp³-hybridized carbons (Fsp3) is 0.714. The van der Waals surface area contributed by atoms with Crippen molar-refractivity contribution in [1.82, 2.24) is 9.80 Å². The maximum atomic E-state index is 12.4. The second kappa shape index (κ2) is 6.85. The highest BCUT2D eigenvalue weighted by Crippen LogP contribution is 2.21. The zero-order valence-corrected chi connectivity index (χ0v) is 12.0. The second-order valence-electron chi connectivity index (χ2n) is 5.58. The molecule has 0 aromatic heterocycles. The van der Waals surface area contributed by atoms with Gasteiger partial charge in [0.25, 0.3) is 0 Å². The third-order valence-electron chi connectivity index (χ3n) is 3.78. The first-order valence-electron chi connectivity index (χ1n) is 7.08. The molecule has 0 aromatic carbocycles. The van der Waals surface area contributed by atoms with Crippen LogP contribution in [-0.4, -0.2) is 67.6 Å². The number of amides is 2. The largest absolute Gasteiger partial charge is 0.374 e. The van der Waals surface area contributed by atoms with Crippen LogP contribution in [0.15, 0.2) is 12.2 Å². The molecule has 0 saturated carbocycles. The molecule has 1 atom stereocenters. The van der Waals surface area contributed by atoms with E-state index in [0.717, 1.165) is 25.9 Å². The number of nitrogens with zero attached hydrogens (tertiary/aromatic N) is 2. The van der Waals surface area contributed by atoms with Crippen LogP contribution in [0.1, 0.15) is 12.8 Å². The Hall–Kier alpha value is -1.40. The van der Waals surface area contributed by atoms with E-state index >= 15 is 0 Å². The van der Waals surface area contributed by atoms with Gasteiger partial charge in [0.2, 0.25) is 11.8 Å². The van der Waals surface area contributed by atoms with Crippen molar-refractivity contribution >= 4 is 11.8 Å². The van der Waals surface area contributed by atoms with E-state index in [4.69, 9.17) is 10.5 Å². The van der Waals surface area contributed by atoms with E-state index in [1.54, 1.807) is 4.90 Å². The molecule has 2 rings (SSSR count). The molecule has 1 fully saturated rings. The normalized spacial score (nSPS) is 23.9. The Kier molecular flexibility index (Phi) is 5.14. The molecule has 2 aliphatic rings. The standard InChI is InChI=1S/C14H23N3O3/c1-16-6-7-20-12(8-16)9-17(10-13(15)18)14(19)11-4-2-3-5-11/h2-3,11-12H,4-10H2,1H3,(H2,15,18). The molecular formula is C14H23N3O3. The zero-order chi connectivity index (χ0) is 14.5. The number of hydrogen-bond donors (Lipinski definition) is 1. The molecule has 0 bridgehead atoms. The molecule has 0 radical (unpaired) electrons. The van der Waals surface area contributed by atoms with Gasteiger partial charge in [-0.15, -0.1) is 0 Å². The molecule has 1 saturated heterocycles. The molecule has 0 spiro atoms. The minimum Gasteiger partial charge on any atom is -0.374 e. The van der Waals surface area contributed by atoms with Gasteiger partial charge in [0.05, 0.1) is 19.3 Å². The minimum atomic E-state index is -0.478. The second-order valence-corrected chi connectivity index (χ2v) is 5.58. The van der Waals surface area contributed by atoms with Gasteiger partial charge in [-0.3, -0.25) is 9.59 Å². The van der Waals surface area contributed by atoms with Crippen molar-refractivity contribution in [2.24, 2.45) is 11.7 Å². The third-order valence-corrected chi connectivity index (χ3v) is 3.78. The zero-order valence-electron chi connectivity index (χ0n) is 12.0. The Bertz CT molecular complexity index is 389. The molecule has 6 heteroatoms. The summed E-state index contributed by atoms with van der Waals surface area (Å²) in [6.07, 6.45) is 5.47. The summed E-state index contributed by atoms with van der Waals surface area (Å²) in [5.41, 5.74) is 5.26. The Morgan fingerprint density at radius 3 is 2.70 bits per heavy atom. The van der Waals surface area contributed by atoms with Crippen LogP contribution < -0.4 is 5.73 Å². The maximum Gasteiger partial charge on any atom is 0.237 e. The van der Waals surface area contributed by atoms with E-state index in [1.807, 2.05) is 19.2 Å². The van der Waals surface area contributed by atoms with Crippen LogP contribution in [-0.2, 0) is 14.3 Å². The highest BCUT2D eigenvalue weighted by molar-refractivity contribution is 5.85. The van der Waals surface area contributed by atoms with Crippen LogP contribution in [0.5, 0.6) is 0 Å². The van der Waals surface area contributed by atoms with Gasteiger partial charge in [-0.05, 0) is 19.9 Å². The van der Waals surface area contributed by atoms with Crippen LogP contribution in [0.2, 0.25) is 0 Å². The first kappa shape index (κ1) is 15.0. The van der Waals surface area contributed by atoms with E-state index in [2.05, 4.69) is 4.90 Å². The monoisotopic (exact) mass is 281 g/mol. The lowest BCUT2D eigenvalue weighted by Crippen LogP contribution is -2.50. The minimum absolute atomic E-state index is 0.00521. The van der Waals surface area contributed by atoms with Crippen LogP contribution in [0, 0.1) is 5.92 Å². The summed E-state index contributed by atoms with van der Waals surface area (Å²) in [5, 5.41) is 0. The quantitative estimate of drug-likeness (QED) is 0.696. The molecule has 2 amide bonds. The van der Waals surface area contributed by atoms with E-state index in [9.17, 15) is 9.59 Å². The molecule has 1 heterocycles. The lowest BCUT2D eigenvalue weighted by molar-refractivity contribution is -0.141. The van der Waals surface area contributed by atoms with E-state index in [0.29, 0.717) is 13.2 Å². The summed E-state index contributed by atoms with van der Waals surface area (Å²) in [7, 11) is 2.02. The summed E-state index contributed by atoms with van der Waals surface area (Å²) in [5.74, 6) is -0.519. The van der Waals surface area contributed by atoms with Crippen molar-refractivity contribution in [2.45, 2.75) is 18.9 Å². The average Bonchev–Trinajstić information content (AvgIpc) is 2.90. The first-order valence-corrected chi connectivity index (χ1v) is 7.08. The van der Waals surface area contributed by atoms with Crippen molar-refractivity contribution in [3.8, 4) is 0 Å². The van der Waals surface area contributed by atoms with Gasteiger partial charge in [0, 0.05) is 25.6 Å². The number of allylic oxidation sites excluding steroid dienone is 2. The van der Waals surface area contributed by atoms with Crippen LogP contribution in [0.3, 0.4) is 0 Å². The maximum absolute atomic E-state index is 12.4. The number of nitrogens with two attached hydrogens (primary N) is 1. The average molecular weight is 281 g/mol. The molecule has 6 nitrogen and oxygen atoms in total. The van der Waals surface area contributed by atoms with Gasteiger partial charge in [-0.25, -0.2) is 0 Å². The Morgan fingerprint density at radius 2 is 2.10 bits per heavy atom. The summed E-state index contributed by atoms with van der Waals surface area (Å²) >= 11 is 0. The van der Waals surface area contributed by atoms with Gasteiger partial charge < -0.3 is 20.3 Å². The van der Waals surface area contributed by atoms with E-state index in [-0.39, 0.29) is 24.5 Å². The summed E-state index contributed by atoms with van der Waals surface area (Å²) in [6, 6.07) is 0. The number of primary amides is 1. The van der Waals surface area contributed by atoms with Crippen molar-refractivity contribution in [3.05, 3.63) is 12.2 Å². The van der Waals surface area contributed by atoms with Crippen molar-refractivity contribution in [2.75, 3.05) is 39.8 Å². The van der Waals surface area contributed by atoms with Gasteiger partial charge >= 0.3 is 0 Å². The van der Waals surface area contributed by atoms with Crippen molar-refractivity contribution < 1.29 is 14.3 Å². The number of rotatable bonds is 5. The molecular weight excluding hydrogens is 258 g/mol. The van der Waals surface area contributed by atoms with Crippen molar-refractivity contribution in [3.63, 3.8) is 0 Å². The molecule has 0 aromatic rings. The molecule has 2 N–H and O–H groups in total. The van der Waals surface area contributed by atoms with Gasteiger partial charge in [0.1, 0.15) is 0 Å². The lowest BCUT2D eigenvalue weighted by Gasteiger charge is -2.34. The van der Waals surface area contributed by atoms with Crippen molar-refractivity contribution in [1.29, 1.82) is 0 Å². The molecule has 112 valence electrons. The molecule has 1 aliphatic carbocycles. The fourth-order valence-electron chi connectivity index (χ4n) is 2.72. The Balaban J connectivity index is 1.95. The number of morpholine rings is 1. The first-order chi connectivity index (χ1) is 9.56. The van der Waals surface area contributed by atoms with E-state index in [1.165, 1.54) is 0 Å². The van der Waals surface area contributed by atoms with Crippen LogP contribution in [0.25, 0.3) is 0 Å². The third kappa shape index (κ3) is 4.05. The number of ether oxygens (including phenoxy) is 1. The predicted molar refractivity (Wildman–Crippen MR) is 74.9 cm³/mol. The summed E-state index contributed by atoms with van der Waals surface area (Å²) in [6.45, 7) is 2.73. The number of carbonyl (C=O) groups excluding carboxylic acids is 2. The lowest BCUT2D eigenvalue weighted by atomic mass is 10.1. The smallest absolute Gasteiger partial charge is 0.237 e. The highest BCUT2D eigenvalue weighted by atomic mass is 16.5. The predicted octanol–water partition coefficient (Wildman–Crippen LogP) is -0.403. The molecule has 1 aliphatic heterocycles. The molecule has 1 unspecified atom stereocenters. The summed E-state index contributed by atoms with van der Waals surface area (Å²) in [4.78, 5) is 27.4. The highest BCUT2D eigenvalue weighted by Gasteiger charge is 2.29. The number of hydrogen-bond acceptors (Lipinski definition) is 4. The van der Waals surface area contributed by atoms with Gasteiger partial charge in [0.15, 0.2) is 0 Å². The summed E-state index contributed by atoms with van der Waals surface area (Å²) < 4.78 is 5.67. The van der Waals surface area contributed by atoms with Crippen LogP contribution in [0.4, 0.5) is 0 Å². The Labute approximate surface area is 119 Å². The fourth-order valence-corrected chi connectivity index (χ4v) is 2.72. The van der Waals surface area contributed by atoms with Gasteiger partial charge in [-0.1, -0.05) is 12.2 Å².